The second-order valence-corrected chi connectivity index (χ2v) is 7.74. The average Bonchev–Trinajstić information content (AvgIpc) is 2.70. The Bertz CT molecular complexity index is 452. The van der Waals surface area contributed by atoms with E-state index in [-0.39, 0.29) is 11.6 Å². The summed E-state index contributed by atoms with van der Waals surface area (Å²) in [5.41, 5.74) is 1.05. The molecular formula is C15H20O2S2. The molecule has 0 spiro atoms. The van der Waals surface area contributed by atoms with Gasteiger partial charge in [-0.15, -0.1) is 23.5 Å². The van der Waals surface area contributed by atoms with Crippen molar-refractivity contribution < 1.29 is 9.53 Å². The number of hydrogen-bond acceptors (Lipinski definition) is 4. The molecule has 1 aliphatic heterocycles. The minimum atomic E-state index is -0.381. The lowest BCUT2D eigenvalue weighted by Gasteiger charge is -2.19. The zero-order chi connectivity index (χ0) is 13.9. The van der Waals surface area contributed by atoms with Crippen LogP contribution in [0.5, 0.6) is 0 Å². The Balaban J connectivity index is 1.77. The van der Waals surface area contributed by atoms with Gasteiger partial charge in [-0.3, -0.25) is 4.79 Å². The summed E-state index contributed by atoms with van der Waals surface area (Å²) in [7, 11) is 0. The van der Waals surface area contributed by atoms with Gasteiger partial charge in [-0.2, -0.15) is 0 Å². The molecule has 104 valence electrons. The predicted molar refractivity (Wildman–Crippen MR) is 83.1 cm³/mol. The highest BCUT2D eigenvalue weighted by atomic mass is 32.2. The van der Waals surface area contributed by atoms with Gasteiger partial charge in [0.25, 0.3) is 0 Å². The molecule has 0 saturated carbocycles. The number of fused-ring (bicyclic) bond motifs is 1. The largest absolute Gasteiger partial charge is 0.459 e. The van der Waals surface area contributed by atoms with Gasteiger partial charge in [0.05, 0.1) is 5.75 Å². The zero-order valence-electron chi connectivity index (χ0n) is 11.6. The molecule has 1 atom stereocenters. The highest BCUT2D eigenvalue weighted by Crippen LogP contribution is 2.40. The predicted octanol–water partition coefficient (Wildman–Crippen LogP) is 3.95. The maximum Gasteiger partial charge on any atom is 0.316 e. The molecule has 19 heavy (non-hydrogen) atoms. The number of ether oxygens (including phenoxy) is 1. The van der Waals surface area contributed by atoms with E-state index in [1.165, 1.54) is 10.5 Å². The Kier molecular flexibility index (Phi) is 4.85. The van der Waals surface area contributed by atoms with E-state index < -0.39 is 0 Å². The Morgan fingerprint density at radius 3 is 2.89 bits per heavy atom. The lowest BCUT2D eigenvalue weighted by Crippen LogP contribution is -2.25. The van der Waals surface area contributed by atoms with E-state index in [9.17, 15) is 4.79 Å². The Hall–Kier alpha value is -0.610. The first kappa shape index (κ1) is 14.8. The second-order valence-electron chi connectivity index (χ2n) is 5.65. The maximum atomic E-state index is 11.6. The molecule has 1 aromatic rings. The zero-order valence-corrected chi connectivity index (χ0v) is 13.3. The third kappa shape index (κ3) is 4.46. The van der Waals surface area contributed by atoms with E-state index in [0.29, 0.717) is 11.7 Å². The fourth-order valence-corrected chi connectivity index (χ4v) is 4.35. The van der Waals surface area contributed by atoms with E-state index in [2.05, 4.69) is 24.3 Å². The van der Waals surface area contributed by atoms with Crippen molar-refractivity contribution in [3.05, 3.63) is 29.8 Å². The first-order valence-electron chi connectivity index (χ1n) is 6.47. The Morgan fingerprint density at radius 1 is 1.42 bits per heavy atom. The summed E-state index contributed by atoms with van der Waals surface area (Å²) in [6.45, 7) is 5.71. The molecule has 1 aromatic carbocycles. The van der Waals surface area contributed by atoms with Crippen molar-refractivity contribution in [3.63, 3.8) is 0 Å². The monoisotopic (exact) mass is 296 g/mol. The average molecular weight is 296 g/mol. The third-order valence-electron chi connectivity index (χ3n) is 2.76. The number of rotatable bonds is 4. The highest BCUT2D eigenvalue weighted by molar-refractivity contribution is 8.00. The number of esters is 1. The van der Waals surface area contributed by atoms with Crippen LogP contribution in [0.3, 0.4) is 0 Å². The minimum absolute atomic E-state index is 0.114. The summed E-state index contributed by atoms with van der Waals surface area (Å²) in [6.07, 6.45) is 0. The van der Waals surface area contributed by atoms with Gasteiger partial charge >= 0.3 is 5.97 Å². The fraction of sp³-hybridized carbons (Fsp3) is 0.533. The maximum absolute atomic E-state index is 11.6. The standard InChI is InChI=1S/C15H20O2S2/c1-15(2,3)17-14(16)10-18-8-11-9-19-13-7-5-4-6-12(11)13/h4-7,11H,8-10H2,1-3H3. The van der Waals surface area contributed by atoms with Crippen molar-refractivity contribution in [2.45, 2.75) is 37.2 Å². The number of thioether (sulfide) groups is 2. The van der Waals surface area contributed by atoms with Gasteiger partial charge in [0.15, 0.2) is 0 Å². The molecule has 0 fully saturated rings. The van der Waals surface area contributed by atoms with Gasteiger partial charge in [0.2, 0.25) is 0 Å². The summed E-state index contributed by atoms with van der Waals surface area (Å²) >= 11 is 3.59. The third-order valence-corrected chi connectivity index (χ3v) is 5.09. The number of hydrogen-bond donors (Lipinski definition) is 0. The van der Waals surface area contributed by atoms with Crippen LogP contribution in [0.1, 0.15) is 32.3 Å². The molecule has 0 aliphatic carbocycles. The van der Waals surface area contributed by atoms with Gasteiger partial charge in [-0.1, -0.05) is 18.2 Å². The normalized spacial score (nSPS) is 18.2. The van der Waals surface area contributed by atoms with E-state index >= 15 is 0 Å². The Labute approximate surface area is 123 Å². The van der Waals surface area contributed by atoms with Crippen molar-refractivity contribution in [2.75, 3.05) is 17.3 Å². The summed E-state index contributed by atoms with van der Waals surface area (Å²) in [4.78, 5) is 13.0. The SMILES string of the molecule is CC(C)(C)OC(=O)CSCC1CSc2ccccc21. The van der Waals surface area contributed by atoms with Crippen LogP contribution in [0.2, 0.25) is 0 Å². The molecule has 0 radical (unpaired) electrons. The number of benzene rings is 1. The van der Waals surface area contributed by atoms with Crippen LogP contribution < -0.4 is 0 Å². The van der Waals surface area contributed by atoms with E-state index in [1.807, 2.05) is 32.5 Å². The molecule has 0 amide bonds. The molecule has 0 bridgehead atoms. The van der Waals surface area contributed by atoms with Gasteiger partial charge in [-0.25, -0.2) is 0 Å². The van der Waals surface area contributed by atoms with Crippen LogP contribution in [0.25, 0.3) is 0 Å². The molecular weight excluding hydrogens is 276 g/mol. The van der Waals surface area contributed by atoms with Crippen LogP contribution in [0.4, 0.5) is 0 Å². The lowest BCUT2D eigenvalue weighted by atomic mass is 10.0. The number of carbonyl (C=O) groups is 1. The molecule has 1 unspecified atom stereocenters. The van der Waals surface area contributed by atoms with Crippen LogP contribution in [0, 0.1) is 0 Å². The van der Waals surface area contributed by atoms with Crippen molar-refractivity contribution in [2.24, 2.45) is 0 Å². The lowest BCUT2D eigenvalue weighted by molar-refractivity contribution is -0.151. The molecule has 2 nitrogen and oxygen atoms in total. The first-order chi connectivity index (χ1) is 8.96. The summed E-state index contributed by atoms with van der Waals surface area (Å²) in [5, 5.41) is 0. The molecule has 0 saturated heterocycles. The second kappa shape index (κ2) is 6.23. The van der Waals surface area contributed by atoms with Crippen molar-refractivity contribution in [1.29, 1.82) is 0 Å². The smallest absolute Gasteiger partial charge is 0.316 e. The molecule has 0 aromatic heterocycles. The Morgan fingerprint density at radius 2 is 2.16 bits per heavy atom. The van der Waals surface area contributed by atoms with Crippen molar-refractivity contribution >= 4 is 29.5 Å². The van der Waals surface area contributed by atoms with Crippen LogP contribution in [-0.2, 0) is 9.53 Å². The number of carbonyl (C=O) groups excluding carboxylic acids is 1. The van der Waals surface area contributed by atoms with Crippen LogP contribution in [-0.4, -0.2) is 28.8 Å². The summed E-state index contributed by atoms with van der Waals surface area (Å²) in [6, 6.07) is 8.56. The fourth-order valence-electron chi connectivity index (χ4n) is 2.02. The molecule has 4 heteroatoms. The molecule has 0 N–H and O–H groups in total. The van der Waals surface area contributed by atoms with Crippen LogP contribution >= 0.6 is 23.5 Å². The topological polar surface area (TPSA) is 26.3 Å². The van der Waals surface area contributed by atoms with E-state index in [0.717, 1.165) is 11.5 Å². The molecule has 1 heterocycles. The summed E-state index contributed by atoms with van der Waals surface area (Å²) in [5.74, 6) is 3.01. The summed E-state index contributed by atoms with van der Waals surface area (Å²) < 4.78 is 5.31. The van der Waals surface area contributed by atoms with Gasteiger partial charge < -0.3 is 4.74 Å². The van der Waals surface area contributed by atoms with Crippen molar-refractivity contribution in [1.82, 2.24) is 0 Å². The first-order valence-corrected chi connectivity index (χ1v) is 8.61. The highest BCUT2D eigenvalue weighted by Gasteiger charge is 2.23. The van der Waals surface area contributed by atoms with E-state index in [1.54, 1.807) is 11.8 Å². The van der Waals surface area contributed by atoms with Gasteiger partial charge in [-0.05, 0) is 32.4 Å². The van der Waals surface area contributed by atoms with Gasteiger partial charge in [0, 0.05) is 22.3 Å². The minimum Gasteiger partial charge on any atom is -0.459 e. The van der Waals surface area contributed by atoms with Crippen LogP contribution in [0.15, 0.2) is 29.2 Å². The van der Waals surface area contributed by atoms with Gasteiger partial charge in [0.1, 0.15) is 5.60 Å². The van der Waals surface area contributed by atoms with Crippen molar-refractivity contribution in [3.8, 4) is 0 Å². The van der Waals surface area contributed by atoms with E-state index in [4.69, 9.17) is 4.74 Å². The quantitative estimate of drug-likeness (QED) is 0.786. The molecule has 2 rings (SSSR count). The molecule has 1 aliphatic rings.